The summed E-state index contributed by atoms with van der Waals surface area (Å²) in [5.74, 6) is -0.316. The van der Waals surface area contributed by atoms with Gasteiger partial charge in [-0.05, 0) is 19.8 Å². The summed E-state index contributed by atoms with van der Waals surface area (Å²) in [4.78, 5) is 11.7. The van der Waals surface area contributed by atoms with Gasteiger partial charge in [0.2, 0.25) is 5.91 Å². The average molecular weight is 264 g/mol. The van der Waals surface area contributed by atoms with E-state index in [2.05, 4.69) is 5.32 Å². The zero-order valence-corrected chi connectivity index (χ0v) is 11.0. The van der Waals surface area contributed by atoms with Crippen molar-refractivity contribution >= 4 is 15.7 Å². The summed E-state index contributed by atoms with van der Waals surface area (Å²) < 4.78 is 27.5. The summed E-state index contributed by atoms with van der Waals surface area (Å²) in [6.45, 7) is 2.07. The molecule has 17 heavy (non-hydrogen) atoms. The number of rotatable bonds is 5. The zero-order chi connectivity index (χ0) is 13.1. The Hall–Kier alpha value is -0.660. The third kappa shape index (κ3) is 5.01. The van der Waals surface area contributed by atoms with Crippen molar-refractivity contribution in [3.05, 3.63) is 0 Å². The molecule has 6 nitrogen and oxygen atoms in total. The number of hydrogen-bond donors (Lipinski definition) is 2. The van der Waals surface area contributed by atoms with Gasteiger partial charge in [0, 0.05) is 18.8 Å². The lowest BCUT2D eigenvalue weighted by Crippen LogP contribution is -2.43. The van der Waals surface area contributed by atoms with Gasteiger partial charge in [0.05, 0.1) is 11.9 Å². The lowest BCUT2D eigenvalue weighted by molar-refractivity contribution is -0.132. The van der Waals surface area contributed by atoms with Crippen LogP contribution in [0.3, 0.4) is 0 Å². The largest absolute Gasteiger partial charge is 0.364 e. The summed E-state index contributed by atoms with van der Waals surface area (Å²) in [7, 11) is -3.08. The van der Waals surface area contributed by atoms with Gasteiger partial charge in [0.25, 0.3) is 0 Å². The number of sulfone groups is 1. The van der Waals surface area contributed by atoms with Crippen molar-refractivity contribution in [2.75, 3.05) is 18.6 Å². The van der Waals surface area contributed by atoms with Crippen molar-refractivity contribution in [3.8, 4) is 0 Å². The van der Waals surface area contributed by atoms with Crippen LogP contribution in [0.5, 0.6) is 0 Å². The fourth-order valence-corrected chi connectivity index (χ4v) is 2.90. The molecular formula is C10H20N2O4S. The van der Waals surface area contributed by atoms with E-state index < -0.39 is 22.0 Å². The fraction of sp³-hybridized carbons (Fsp3) is 0.900. The second kappa shape index (κ2) is 5.79. The zero-order valence-electron chi connectivity index (χ0n) is 10.2. The van der Waals surface area contributed by atoms with Gasteiger partial charge in [-0.1, -0.05) is 0 Å². The number of nitrogens with two attached hydrogens (primary N) is 1. The van der Waals surface area contributed by atoms with Crippen molar-refractivity contribution < 1.29 is 17.9 Å². The van der Waals surface area contributed by atoms with Gasteiger partial charge in [-0.3, -0.25) is 4.79 Å². The third-order valence-corrected chi connectivity index (χ3v) is 3.71. The van der Waals surface area contributed by atoms with Crippen LogP contribution in [-0.2, 0) is 19.4 Å². The molecule has 0 saturated carbocycles. The lowest BCUT2D eigenvalue weighted by atomic mass is 10.2. The first-order chi connectivity index (χ1) is 7.81. The third-order valence-electron chi connectivity index (χ3n) is 2.60. The molecule has 3 N–H and O–H groups in total. The van der Waals surface area contributed by atoms with Gasteiger partial charge in [0.1, 0.15) is 15.9 Å². The molecule has 7 heteroatoms. The lowest BCUT2D eigenvalue weighted by Gasteiger charge is -2.16. The summed E-state index contributed by atoms with van der Waals surface area (Å²) >= 11 is 0. The van der Waals surface area contributed by atoms with Crippen LogP contribution in [0.1, 0.15) is 19.8 Å². The Morgan fingerprint density at radius 2 is 2.18 bits per heavy atom. The second-order valence-corrected chi connectivity index (χ2v) is 6.75. The molecule has 1 heterocycles. The van der Waals surface area contributed by atoms with Gasteiger partial charge in [-0.2, -0.15) is 0 Å². The molecule has 0 aromatic heterocycles. The fourth-order valence-electron chi connectivity index (χ4n) is 1.90. The van der Waals surface area contributed by atoms with Gasteiger partial charge in [-0.25, -0.2) is 8.42 Å². The van der Waals surface area contributed by atoms with Crippen molar-refractivity contribution in [1.82, 2.24) is 5.32 Å². The maximum absolute atomic E-state index is 11.7. The SMILES string of the molecule is CC(CS(C)(=O)=O)NC(=O)C1CCC(CN)O1. The van der Waals surface area contributed by atoms with E-state index in [4.69, 9.17) is 10.5 Å². The van der Waals surface area contributed by atoms with Crippen LogP contribution in [0, 0.1) is 0 Å². The van der Waals surface area contributed by atoms with Crippen LogP contribution in [0.4, 0.5) is 0 Å². The predicted octanol–water partition coefficient (Wildman–Crippen LogP) is -0.958. The molecule has 0 aliphatic carbocycles. The number of amides is 1. The number of nitrogens with one attached hydrogen (secondary N) is 1. The van der Waals surface area contributed by atoms with Crippen molar-refractivity contribution in [2.24, 2.45) is 5.73 Å². The van der Waals surface area contributed by atoms with E-state index in [1.165, 1.54) is 0 Å². The summed E-state index contributed by atoms with van der Waals surface area (Å²) in [5.41, 5.74) is 5.44. The van der Waals surface area contributed by atoms with Crippen molar-refractivity contribution in [1.29, 1.82) is 0 Å². The molecule has 0 bridgehead atoms. The van der Waals surface area contributed by atoms with E-state index >= 15 is 0 Å². The Balaban J connectivity index is 2.39. The smallest absolute Gasteiger partial charge is 0.249 e. The maximum atomic E-state index is 11.7. The highest BCUT2D eigenvalue weighted by molar-refractivity contribution is 7.90. The van der Waals surface area contributed by atoms with Crippen LogP contribution < -0.4 is 11.1 Å². The Bertz CT molecular complexity index is 369. The minimum absolute atomic E-state index is 0.0593. The molecule has 0 spiro atoms. The Kier molecular flexibility index (Phi) is 4.91. The van der Waals surface area contributed by atoms with E-state index in [-0.39, 0.29) is 17.8 Å². The highest BCUT2D eigenvalue weighted by Gasteiger charge is 2.30. The van der Waals surface area contributed by atoms with Crippen molar-refractivity contribution in [3.63, 3.8) is 0 Å². The molecule has 1 amide bonds. The van der Waals surface area contributed by atoms with Crippen LogP contribution in [-0.4, -0.2) is 51.1 Å². The summed E-state index contributed by atoms with van der Waals surface area (Å²) in [5, 5.41) is 2.64. The average Bonchev–Trinajstić information content (AvgIpc) is 2.62. The van der Waals surface area contributed by atoms with E-state index in [0.29, 0.717) is 13.0 Å². The number of ether oxygens (including phenoxy) is 1. The molecule has 3 unspecified atom stereocenters. The molecule has 0 radical (unpaired) electrons. The van der Waals surface area contributed by atoms with E-state index in [1.807, 2.05) is 0 Å². The number of carbonyl (C=O) groups is 1. The minimum atomic E-state index is -3.08. The first kappa shape index (κ1) is 14.4. The second-order valence-electron chi connectivity index (χ2n) is 4.56. The van der Waals surface area contributed by atoms with Gasteiger partial charge < -0.3 is 15.8 Å². The molecule has 3 atom stereocenters. The van der Waals surface area contributed by atoms with Gasteiger partial charge >= 0.3 is 0 Å². The van der Waals surface area contributed by atoms with Crippen LogP contribution >= 0.6 is 0 Å². The first-order valence-electron chi connectivity index (χ1n) is 5.65. The normalized spacial score (nSPS) is 26.8. The molecule has 0 aromatic carbocycles. The predicted molar refractivity (Wildman–Crippen MR) is 64.3 cm³/mol. The first-order valence-corrected chi connectivity index (χ1v) is 7.71. The molecule has 1 aliphatic heterocycles. The molecule has 1 fully saturated rings. The summed E-state index contributed by atoms with van der Waals surface area (Å²) in [6.07, 6.45) is 2.00. The van der Waals surface area contributed by atoms with Crippen molar-refractivity contribution in [2.45, 2.75) is 38.0 Å². The van der Waals surface area contributed by atoms with E-state index in [1.54, 1.807) is 6.92 Å². The molecular weight excluding hydrogens is 244 g/mol. The quantitative estimate of drug-likeness (QED) is 0.666. The Morgan fingerprint density at radius 3 is 2.65 bits per heavy atom. The molecule has 1 rings (SSSR count). The van der Waals surface area contributed by atoms with Gasteiger partial charge in [-0.15, -0.1) is 0 Å². The Labute approximate surface area is 102 Å². The topological polar surface area (TPSA) is 98.5 Å². The monoisotopic (exact) mass is 264 g/mol. The Morgan fingerprint density at radius 1 is 1.53 bits per heavy atom. The standard InChI is InChI=1S/C10H20N2O4S/c1-7(6-17(2,14)15)12-10(13)9-4-3-8(5-11)16-9/h7-9H,3-6,11H2,1-2H3,(H,12,13). The van der Waals surface area contributed by atoms with Crippen LogP contribution in [0.25, 0.3) is 0 Å². The van der Waals surface area contributed by atoms with E-state index in [9.17, 15) is 13.2 Å². The van der Waals surface area contributed by atoms with Crippen LogP contribution in [0.2, 0.25) is 0 Å². The maximum Gasteiger partial charge on any atom is 0.249 e. The highest BCUT2D eigenvalue weighted by atomic mass is 32.2. The molecule has 0 aromatic rings. The van der Waals surface area contributed by atoms with E-state index in [0.717, 1.165) is 12.7 Å². The number of hydrogen-bond acceptors (Lipinski definition) is 5. The number of carbonyl (C=O) groups excluding carboxylic acids is 1. The highest BCUT2D eigenvalue weighted by Crippen LogP contribution is 2.18. The molecule has 1 aliphatic rings. The molecule has 100 valence electrons. The van der Waals surface area contributed by atoms with Crippen LogP contribution in [0.15, 0.2) is 0 Å². The van der Waals surface area contributed by atoms with Gasteiger partial charge in [0.15, 0.2) is 0 Å². The molecule has 1 saturated heterocycles. The summed E-state index contributed by atoms with van der Waals surface area (Å²) in [6, 6.07) is -0.405. The minimum Gasteiger partial charge on any atom is -0.364 e.